The number of methoxy groups -OCH3 is 1. The summed E-state index contributed by atoms with van der Waals surface area (Å²) in [6.07, 6.45) is 2.56. The van der Waals surface area contributed by atoms with Gasteiger partial charge in [-0.2, -0.15) is 0 Å². The number of nitrogens with zero attached hydrogens (tertiary/aromatic N) is 1. The summed E-state index contributed by atoms with van der Waals surface area (Å²) in [4.78, 5) is 13.7. The molecule has 0 amide bonds. The van der Waals surface area contributed by atoms with Gasteiger partial charge in [-0.25, -0.2) is 0 Å². The van der Waals surface area contributed by atoms with Crippen molar-refractivity contribution in [3.05, 3.63) is 0 Å². The molecule has 0 aromatic carbocycles. The molecule has 0 saturated heterocycles. The van der Waals surface area contributed by atoms with Crippen LogP contribution >= 0.6 is 0 Å². The van der Waals surface area contributed by atoms with Crippen LogP contribution in [-0.2, 0) is 9.53 Å². The summed E-state index contributed by atoms with van der Waals surface area (Å²) in [5.41, 5.74) is 5.64. The molecule has 1 fully saturated rings. The molecule has 0 aromatic rings. The zero-order valence-corrected chi connectivity index (χ0v) is 9.90. The average Bonchev–Trinajstić information content (AvgIpc) is 3.00. The summed E-state index contributed by atoms with van der Waals surface area (Å²) in [5.74, 6) is 0.540. The summed E-state index contributed by atoms with van der Waals surface area (Å²) in [5, 5.41) is 0. The summed E-state index contributed by atoms with van der Waals surface area (Å²) >= 11 is 0. The van der Waals surface area contributed by atoms with E-state index in [0.29, 0.717) is 12.6 Å². The third kappa shape index (κ3) is 3.47. The molecule has 1 saturated carbocycles. The average molecular weight is 214 g/mol. The minimum atomic E-state index is -0.282. The highest BCUT2D eigenvalue weighted by Gasteiger charge is 2.32. The van der Waals surface area contributed by atoms with Gasteiger partial charge in [-0.05, 0) is 32.6 Å². The third-order valence-electron chi connectivity index (χ3n) is 2.93. The number of hydrogen-bond acceptors (Lipinski definition) is 4. The zero-order chi connectivity index (χ0) is 11.4. The monoisotopic (exact) mass is 214 g/mol. The smallest absolute Gasteiger partial charge is 0.324 e. The molecular weight excluding hydrogens is 192 g/mol. The maximum atomic E-state index is 11.5. The zero-order valence-electron chi connectivity index (χ0n) is 9.90. The van der Waals surface area contributed by atoms with Gasteiger partial charge >= 0.3 is 5.97 Å². The second-order valence-electron chi connectivity index (χ2n) is 4.51. The van der Waals surface area contributed by atoms with Gasteiger partial charge in [0.05, 0.1) is 7.11 Å². The second-order valence-corrected chi connectivity index (χ2v) is 4.51. The van der Waals surface area contributed by atoms with E-state index < -0.39 is 0 Å². The van der Waals surface area contributed by atoms with E-state index in [0.717, 1.165) is 12.5 Å². The maximum absolute atomic E-state index is 11.5. The van der Waals surface area contributed by atoms with E-state index >= 15 is 0 Å². The van der Waals surface area contributed by atoms with Crippen molar-refractivity contribution >= 4 is 5.97 Å². The van der Waals surface area contributed by atoms with Crippen molar-refractivity contribution in [3.63, 3.8) is 0 Å². The molecule has 2 N–H and O–H groups in total. The van der Waals surface area contributed by atoms with Crippen molar-refractivity contribution in [3.8, 4) is 0 Å². The van der Waals surface area contributed by atoms with Gasteiger partial charge in [-0.15, -0.1) is 0 Å². The van der Waals surface area contributed by atoms with Gasteiger partial charge in [-0.3, -0.25) is 9.69 Å². The number of hydrogen-bond donors (Lipinski definition) is 1. The number of nitrogens with two attached hydrogens (primary N) is 1. The van der Waals surface area contributed by atoms with Gasteiger partial charge in [0.15, 0.2) is 0 Å². The molecule has 1 unspecified atom stereocenters. The molecule has 4 heteroatoms. The molecule has 0 spiro atoms. The Morgan fingerprint density at radius 2 is 2.13 bits per heavy atom. The van der Waals surface area contributed by atoms with Crippen molar-refractivity contribution < 1.29 is 9.53 Å². The first-order chi connectivity index (χ1) is 7.10. The van der Waals surface area contributed by atoms with Crippen LogP contribution in [0, 0.1) is 5.92 Å². The lowest BCUT2D eigenvalue weighted by atomic mass is 10.1. The van der Waals surface area contributed by atoms with E-state index in [-0.39, 0.29) is 12.0 Å². The minimum absolute atomic E-state index is 0.216. The van der Waals surface area contributed by atoms with Crippen molar-refractivity contribution in [2.45, 2.75) is 38.8 Å². The second kappa shape index (κ2) is 5.47. The lowest BCUT2D eigenvalue weighted by Crippen LogP contribution is -2.50. The van der Waals surface area contributed by atoms with Gasteiger partial charge < -0.3 is 10.5 Å². The van der Waals surface area contributed by atoms with Gasteiger partial charge in [0.1, 0.15) is 6.04 Å². The Morgan fingerprint density at radius 3 is 2.47 bits per heavy atom. The number of carbonyl (C=O) groups is 1. The Bertz CT molecular complexity index is 215. The number of rotatable bonds is 6. The largest absolute Gasteiger partial charge is 0.468 e. The number of ether oxygens (including phenoxy) is 1. The molecule has 4 nitrogen and oxygen atoms in total. The Hall–Kier alpha value is -0.610. The summed E-state index contributed by atoms with van der Waals surface area (Å²) in [6.45, 7) is 5.48. The Morgan fingerprint density at radius 1 is 1.53 bits per heavy atom. The van der Waals surface area contributed by atoms with Crippen LogP contribution in [0.3, 0.4) is 0 Å². The molecule has 0 heterocycles. The molecule has 1 aliphatic rings. The van der Waals surface area contributed by atoms with Crippen LogP contribution in [0.5, 0.6) is 0 Å². The van der Waals surface area contributed by atoms with Crippen LogP contribution in [0.2, 0.25) is 0 Å². The fraction of sp³-hybridized carbons (Fsp3) is 0.909. The van der Waals surface area contributed by atoms with E-state index in [2.05, 4.69) is 18.7 Å². The highest BCUT2D eigenvalue weighted by molar-refractivity contribution is 5.76. The molecule has 0 aromatic heterocycles. The van der Waals surface area contributed by atoms with Crippen molar-refractivity contribution in [1.82, 2.24) is 4.90 Å². The fourth-order valence-electron chi connectivity index (χ4n) is 1.80. The van der Waals surface area contributed by atoms with E-state index in [1.54, 1.807) is 0 Å². The van der Waals surface area contributed by atoms with E-state index in [1.807, 2.05) is 0 Å². The predicted octanol–water partition coefficient (Wildman–Crippen LogP) is 0.607. The van der Waals surface area contributed by atoms with Crippen LogP contribution in [0.15, 0.2) is 0 Å². The normalized spacial score (nSPS) is 18.3. The SMILES string of the molecule is COC(=O)C(CN)N(CC1CC1)C(C)C. The molecule has 1 rings (SSSR count). The first-order valence-electron chi connectivity index (χ1n) is 5.63. The van der Waals surface area contributed by atoms with Gasteiger partial charge in [0.25, 0.3) is 0 Å². The molecular formula is C11H22N2O2. The van der Waals surface area contributed by atoms with Gasteiger partial charge in [0, 0.05) is 19.1 Å². The summed E-state index contributed by atoms with van der Waals surface area (Å²) < 4.78 is 4.78. The molecule has 0 aliphatic heterocycles. The molecule has 0 radical (unpaired) electrons. The summed E-state index contributed by atoms with van der Waals surface area (Å²) in [6, 6.07) is 0.0499. The van der Waals surface area contributed by atoms with Crippen LogP contribution in [0.4, 0.5) is 0 Å². The topological polar surface area (TPSA) is 55.6 Å². The fourth-order valence-corrected chi connectivity index (χ4v) is 1.80. The van der Waals surface area contributed by atoms with Crippen molar-refractivity contribution in [2.75, 3.05) is 20.2 Å². The summed E-state index contributed by atoms with van der Waals surface area (Å²) in [7, 11) is 1.42. The van der Waals surface area contributed by atoms with E-state index in [4.69, 9.17) is 10.5 Å². The van der Waals surface area contributed by atoms with Gasteiger partial charge in [-0.1, -0.05) is 0 Å². The number of esters is 1. The van der Waals surface area contributed by atoms with E-state index in [9.17, 15) is 4.79 Å². The predicted molar refractivity (Wildman–Crippen MR) is 59.4 cm³/mol. The first kappa shape index (κ1) is 12.5. The lowest BCUT2D eigenvalue weighted by molar-refractivity contribution is -0.147. The highest BCUT2D eigenvalue weighted by Crippen LogP contribution is 2.31. The first-order valence-corrected chi connectivity index (χ1v) is 5.63. The molecule has 0 bridgehead atoms. The quantitative estimate of drug-likeness (QED) is 0.658. The molecule has 88 valence electrons. The van der Waals surface area contributed by atoms with Crippen LogP contribution < -0.4 is 5.73 Å². The van der Waals surface area contributed by atoms with Crippen LogP contribution in [-0.4, -0.2) is 43.2 Å². The Kier molecular flexibility index (Phi) is 4.54. The lowest BCUT2D eigenvalue weighted by Gasteiger charge is -2.32. The van der Waals surface area contributed by atoms with Crippen molar-refractivity contribution in [2.24, 2.45) is 11.7 Å². The molecule has 1 atom stereocenters. The Labute approximate surface area is 91.8 Å². The minimum Gasteiger partial charge on any atom is -0.468 e. The third-order valence-corrected chi connectivity index (χ3v) is 2.93. The van der Waals surface area contributed by atoms with Crippen LogP contribution in [0.1, 0.15) is 26.7 Å². The van der Waals surface area contributed by atoms with Crippen molar-refractivity contribution in [1.29, 1.82) is 0 Å². The molecule has 1 aliphatic carbocycles. The van der Waals surface area contributed by atoms with E-state index in [1.165, 1.54) is 20.0 Å². The van der Waals surface area contributed by atoms with Gasteiger partial charge in [0.2, 0.25) is 0 Å². The standard InChI is InChI=1S/C11H22N2O2/c1-8(2)13(7-9-4-5-9)10(6-12)11(14)15-3/h8-10H,4-7,12H2,1-3H3. The molecule has 15 heavy (non-hydrogen) atoms. The highest BCUT2D eigenvalue weighted by atomic mass is 16.5. The maximum Gasteiger partial charge on any atom is 0.324 e. The Balaban J connectivity index is 2.60. The number of carbonyl (C=O) groups excluding carboxylic acids is 1. The van der Waals surface area contributed by atoms with Crippen LogP contribution in [0.25, 0.3) is 0 Å².